The van der Waals surface area contributed by atoms with Crippen molar-refractivity contribution in [1.82, 2.24) is 20.1 Å². The Bertz CT molecular complexity index is 886. The molecule has 0 aliphatic heterocycles. The maximum atomic E-state index is 6.08. The smallest absolute Gasteiger partial charge is 0.145 e. The summed E-state index contributed by atoms with van der Waals surface area (Å²) < 4.78 is 11.9. The Hall–Kier alpha value is -2.86. The minimum atomic E-state index is 0.568. The lowest BCUT2D eigenvalue weighted by molar-refractivity contribution is 0.261. The number of aryl methyl sites for hydroxylation is 2. The van der Waals surface area contributed by atoms with Gasteiger partial charge in [-0.15, -0.1) is 0 Å². The first-order valence-electron chi connectivity index (χ1n) is 9.51. The van der Waals surface area contributed by atoms with Gasteiger partial charge >= 0.3 is 0 Å². The van der Waals surface area contributed by atoms with Crippen LogP contribution in [0.5, 0.6) is 11.5 Å². The molecule has 148 valence electrons. The van der Waals surface area contributed by atoms with Crippen LogP contribution in [0.2, 0.25) is 0 Å². The number of hydrogen-bond acceptors (Lipinski definition) is 5. The highest BCUT2D eigenvalue weighted by atomic mass is 16.5. The minimum absolute atomic E-state index is 0.568. The highest BCUT2D eigenvalue weighted by molar-refractivity contribution is 5.67. The van der Waals surface area contributed by atoms with Crippen molar-refractivity contribution in [3.63, 3.8) is 0 Å². The summed E-state index contributed by atoms with van der Waals surface area (Å²) in [6.45, 7) is 6.13. The highest BCUT2D eigenvalue weighted by Crippen LogP contribution is 2.30. The van der Waals surface area contributed by atoms with Gasteiger partial charge in [0, 0.05) is 30.4 Å². The van der Waals surface area contributed by atoms with Gasteiger partial charge in [0.05, 0.1) is 12.3 Å². The van der Waals surface area contributed by atoms with Crippen LogP contribution in [0.15, 0.2) is 42.6 Å². The summed E-state index contributed by atoms with van der Waals surface area (Å²) in [5.41, 5.74) is 5.13. The number of H-pyrrole nitrogens is 1. The molecule has 0 unspecified atom stereocenters. The van der Waals surface area contributed by atoms with Gasteiger partial charge in [0.2, 0.25) is 0 Å². The Kier molecular flexibility index (Phi) is 6.66. The second-order valence-electron chi connectivity index (χ2n) is 7.04. The summed E-state index contributed by atoms with van der Waals surface area (Å²) in [5, 5.41) is 7.26. The first-order valence-corrected chi connectivity index (χ1v) is 9.51. The number of aromatic nitrogens is 3. The van der Waals surface area contributed by atoms with E-state index in [1.807, 2.05) is 64.3 Å². The third-order valence-electron chi connectivity index (χ3n) is 4.58. The lowest BCUT2D eigenvalue weighted by Gasteiger charge is -2.13. The molecule has 0 aliphatic rings. The lowest BCUT2D eigenvalue weighted by atomic mass is 10.1. The van der Waals surface area contributed by atoms with Crippen LogP contribution < -0.4 is 9.47 Å². The molecule has 1 aromatic carbocycles. The molecule has 3 aromatic rings. The van der Waals surface area contributed by atoms with Gasteiger partial charge in [-0.3, -0.25) is 10.1 Å². The van der Waals surface area contributed by atoms with Crippen molar-refractivity contribution in [2.24, 2.45) is 0 Å². The third-order valence-corrected chi connectivity index (χ3v) is 4.58. The number of hydrogen-bond donors (Lipinski definition) is 1. The molecule has 3 rings (SSSR count). The van der Waals surface area contributed by atoms with Gasteiger partial charge in [-0.1, -0.05) is 12.1 Å². The zero-order valence-electron chi connectivity index (χ0n) is 17.0. The highest BCUT2D eigenvalue weighted by Gasteiger charge is 2.11. The van der Waals surface area contributed by atoms with Crippen LogP contribution >= 0.6 is 0 Å². The van der Waals surface area contributed by atoms with E-state index in [9.17, 15) is 0 Å². The van der Waals surface area contributed by atoms with Crippen molar-refractivity contribution < 1.29 is 9.47 Å². The van der Waals surface area contributed by atoms with Crippen LogP contribution in [0.1, 0.15) is 17.0 Å². The quantitative estimate of drug-likeness (QED) is 0.614. The summed E-state index contributed by atoms with van der Waals surface area (Å²) in [4.78, 5) is 6.64. The molecule has 28 heavy (non-hydrogen) atoms. The molecule has 1 N–H and O–H groups in total. The minimum Gasteiger partial charge on any atom is -0.492 e. The monoisotopic (exact) mass is 380 g/mol. The number of benzene rings is 1. The first-order chi connectivity index (χ1) is 13.5. The van der Waals surface area contributed by atoms with E-state index in [-0.39, 0.29) is 0 Å². The zero-order valence-corrected chi connectivity index (χ0v) is 17.0. The largest absolute Gasteiger partial charge is 0.492 e. The van der Waals surface area contributed by atoms with Gasteiger partial charge in [0.25, 0.3) is 0 Å². The molecule has 2 heterocycles. The summed E-state index contributed by atoms with van der Waals surface area (Å²) >= 11 is 0. The second kappa shape index (κ2) is 9.37. The molecule has 0 bridgehead atoms. The fraction of sp³-hybridized carbons (Fsp3) is 0.364. The molecule has 0 fully saturated rings. The fourth-order valence-corrected chi connectivity index (χ4v) is 3.01. The molecule has 6 nitrogen and oxygen atoms in total. The van der Waals surface area contributed by atoms with Crippen LogP contribution in [0.3, 0.4) is 0 Å². The van der Waals surface area contributed by atoms with Crippen LogP contribution in [0, 0.1) is 13.8 Å². The number of rotatable bonds is 9. The van der Waals surface area contributed by atoms with Crippen molar-refractivity contribution in [3.05, 3.63) is 59.5 Å². The predicted molar refractivity (Wildman–Crippen MR) is 111 cm³/mol. The van der Waals surface area contributed by atoms with Crippen molar-refractivity contribution in [1.29, 1.82) is 0 Å². The standard InChI is InChI=1S/C22H28N4O2/c1-16-20(17(2)25-24-16)10-13-28-21-9-6-11-23-22(21)18-7-5-8-19(15-18)27-14-12-26(3)4/h5-9,11,15H,10,12-14H2,1-4H3,(H,24,25). The zero-order chi connectivity index (χ0) is 19.9. The maximum Gasteiger partial charge on any atom is 0.145 e. The first kappa shape index (κ1) is 19.9. The fourth-order valence-electron chi connectivity index (χ4n) is 3.01. The number of nitrogens with zero attached hydrogens (tertiary/aromatic N) is 3. The summed E-state index contributed by atoms with van der Waals surface area (Å²) in [6.07, 6.45) is 2.59. The van der Waals surface area contributed by atoms with E-state index in [1.54, 1.807) is 6.20 Å². The second-order valence-corrected chi connectivity index (χ2v) is 7.04. The molecule has 2 aromatic heterocycles. The molecule has 0 saturated heterocycles. The lowest BCUT2D eigenvalue weighted by Crippen LogP contribution is -2.19. The Balaban J connectivity index is 1.69. The van der Waals surface area contributed by atoms with Crippen molar-refractivity contribution >= 4 is 0 Å². The Morgan fingerprint density at radius 1 is 1.04 bits per heavy atom. The Labute approximate surface area is 166 Å². The van der Waals surface area contributed by atoms with E-state index in [0.717, 1.165) is 47.1 Å². The SMILES string of the molecule is Cc1n[nH]c(C)c1CCOc1cccnc1-c1cccc(OCCN(C)C)c1. The van der Waals surface area contributed by atoms with Crippen molar-refractivity contribution in [3.8, 4) is 22.8 Å². The topological polar surface area (TPSA) is 63.3 Å². The molecule has 6 heteroatoms. The third kappa shape index (κ3) is 5.10. The van der Waals surface area contributed by atoms with E-state index in [1.165, 1.54) is 5.56 Å². The Morgan fingerprint density at radius 3 is 2.64 bits per heavy atom. The van der Waals surface area contributed by atoms with Gasteiger partial charge < -0.3 is 14.4 Å². The van der Waals surface area contributed by atoms with E-state index in [4.69, 9.17) is 9.47 Å². The summed E-state index contributed by atoms with van der Waals surface area (Å²) in [5.74, 6) is 1.60. The van der Waals surface area contributed by atoms with Crippen LogP contribution in [0.25, 0.3) is 11.3 Å². The molecule has 0 aliphatic carbocycles. The van der Waals surface area contributed by atoms with Crippen LogP contribution in [0.4, 0.5) is 0 Å². The summed E-state index contributed by atoms with van der Waals surface area (Å²) in [7, 11) is 4.06. The van der Waals surface area contributed by atoms with Gasteiger partial charge in [-0.2, -0.15) is 5.10 Å². The number of nitrogens with one attached hydrogen (secondary N) is 1. The van der Waals surface area contributed by atoms with Crippen molar-refractivity contribution in [2.45, 2.75) is 20.3 Å². The normalized spacial score (nSPS) is 11.0. The van der Waals surface area contributed by atoms with E-state index in [2.05, 4.69) is 20.1 Å². The van der Waals surface area contributed by atoms with Crippen molar-refractivity contribution in [2.75, 3.05) is 33.9 Å². The van der Waals surface area contributed by atoms with Crippen LogP contribution in [-0.2, 0) is 6.42 Å². The molecule has 0 saturated carbocycles. The number of likely N-dealkylation sites (N-methyl/N-ethyl adjacent to an activating group) is 1. The average Bonchev–Trinajstić information content (AvgIpc) is 3.00. The van der Waals surface area contributed by atoms with E-state index < -0.39 is 0 Å². The molecule has 0 spiro atoms. The number of ether oxygens (including phenoxy) is 2. The predicted octanol–water partition coefficient (Wildman–Crippen LogP) is 3.65. The number of aromatic amines is 1. The van der Waals surface area contributed by atoms with E-state index >= 15 is 0 Å². The molecular formula is C22H28N4O2. The van der Waals surface area contributed by atoms with Gasteiger partial charge in [0.15, 0.2) is 0 Å². The average molecular weight is 380 g/mol. The number of pyridine rings is 1. The maximum absolute atomic E-state index is 6.08. The van der Waals surface area contributed by atoms with E-state index in [0.29, 0.717) is 13.2 Å². The molecule has 0 radical (unpaired) electrons. The molecule has 0 atom stereocenters. The van der Waals surface area contributed by atoms with Gasteiger partial charge in [0.1, 0.15) is 23.8 Å². The Morgan fingerprint density at radius 2 is 1.89 bits per heavy atom. The molecular weight excluding hydrogens is 352 g/mol. The van der Waals surface area contributed by atoms with Gasteiger partial charge in [-0.25, -0.2) is 0 Å². The summed E-state index contributed by atoms with van der Waals surface area (Å²) in [6, 6.07) is 11.8. The van der Waals surface area contributed by atoms with Gasteiger partial charge in [-0.05, 0) is 57.8 Å². The van der Waals surface area contributed by atoms with Crippen LogP contribution in [-0.4, -0.2) is 53.9 Å². The molecule has 0 amide bonds.